The molecule has 0 unspecified atom stereocenters. The van der Waals surface area contributed by atoms with E-state index >= 15 is 0 Å². The Hall–Kier alpha value is -3.44. The zero-order valence-electron chi connectivity index (χ0n) is 16.4. The first-order valence-electron chi connectivity index (χ1n) is 9.51. The molecule has 0 atom stereocenters. The molecule has 29 heavy (non-hydrogen) atoms. The fourth-order valence-corrected chi connectivity index (χ4v) is 3.53. The summed E-state index contributed by atoms with van der Waals surface area (Å²) in [7, 11) is 1.55. The highest BCUT2D eigenvalue weighted by molar-refractivity contribution is 6.36. The minimum atomic E-state index is -0.337. The van der Waals surface area contributed by atoms with E-state index in [1.165, 1.54) is 4.90 Å². The predicted molar refractivity (Wildman–Crippen MR) is 114 cm³/mol. The van der Waals surface area contributed by atoms with Crippen LogP contribution < -0.4 is 5.32 Å². The molecule has 1 aliphatic rings. The van der Waals surface area contributed by atoms with Gasteiger partial charge in [-0.3, -0.25) is 14.5 Å². The van der Waals surface area contributed by atoms with Crippen molar-refractivity contribution >= 4 is 33.8 Å². The van der Waals surface area contributed by atoms with Gasteiger partial charge < -0.3 is 10.1 Å². The maximum absolute atomic E-state index is 13.1. The lowest BCUT2D eigenvalue weighted by Gasteiger charge is -2.15. The van der Waals surface area contributed by atoms with Crippen molar-refractivity contribution in [2.45, 2.75) is 6.92 Å². The van der Waals surface area contributed by atoms with Gasteiger partial charge in [0.1, 0.15) is 5.70 Å². The average Bonchev–Trinajstić information content (AvgIpc) is 2.97. The summed E-state index contributed by atoms with van der Waals surface area (Å²) in [5.41, 5.74) is 3.28. The smallest absolute Gasteiger partial charge is 0.278 e. The van der Waals surface area contributed by atoms with Gasteiger partial charge in [-0.05, 0) is 23.9 Å². The zero-order chi connectivity index (χ0) is 20.4. The van der Waals surface area contributed by atoms with E-state index in [1.54, 1.807) is 7.11 Å². The van der Waals surface area contributed by atoms with Gasteiger partial charge in [-0.1, -0.05) is 66.2 Å². The van der Waals surface area contributed by atoms with Crippen LogP contribution in [0.25, 0.3) is 16.3 Å². The summed E-state index contributed by atoms with van der Waals surface area (Å²) in [4.78, 5) is 27.5. The van der Waals surface area contributed by atoms with Crippen LogP contribution in [0.1, 0.15) is 11.1 Å². The molecule has 2 amide bonds. The highest BCUT2D eigenvalue weighted by Crippen LogP contribution is 2.32. The van der Waals surface area contributed by atoms with Crippen LogP contribution >= 0.6 is 0 Å². The van der Waals surface area contributed by atoms with Crippen molar-refractivity contribution in [3.8, 4) is 0 Å². The van der Waals surface area contributed by atoms with Gasteiger partial charge in [-0.25, -0.2) is 0 Å². The maximum Gasteiger partial charge on any atom is 0.278 e. The van der Waals surface area contributed by atoms with E-state index in [1.807, 2.05) is 73.7 Å². The number of nitrogens with one attached hydrogen (secondary N) is 1. The van der Waals surface area contributed by atoms with E-state index < -0.39 is 0 Å². The number of nitrogens with zero attached hydrogens (tertiary/aromatic N) is 1. The number of anilines is 1. The monoisotopic (exact) mass is 386 g/mol. The zero-order valence-corrected chi connectivity index (χ0v) is 16.4. The molecule has 3 aromatic rings. The first-order chi connectivity index (χ1) is 14.1. The van der Waals surface area contributed by atoms with Crippen LogP contribution in [0.3, 0.4) is 0 Å². The Morgan fingerprint density at radius 2 is 1.62 bits per heavy atom. The molecule has 4 rings (SSSR count). The highest BCUT2D eigenvalue weighted by Gasteiger charge is 2.39. The third-order valence-corrected chi connectivity index (χ3v) is 5.08. The summed E-state index contributed by atoms with van der Waals surface area (Å²) in [6.45, 7) is 2.49. The third-order valence-electron chi connectivity index (χ3n) is 5.08. The summed E-state index contributed by atoms with van der Waals surface area (Å²) >= 11 is 0. The molecule has 146 valence electrons. The van der Waals surface area contributed by atoms with Crippen LogP contribution in [-0.2, 0) is 14.3 Å². The molecule has 1 N–H and O–H groups in total. The number of carbonyl (C=O) groups is 2. The standard InChI is InChI=1S/C24H22N2O3/c1-16-10-12-18(13-11-16)21-22(24(28)26(23(21)27)14-15-29-2)25-20-9-5-7-17-6-3-4-8-19(17)20/h3-13,25H,14-15H2,1-2H3. The van der Waals surface area contributed by atoms with Crippen LogP contribution in [0, 0.1) is 6.92 Å². The molecule has 0 spiro atoms. The molecule has 3 aromatic carbocycles. The van der Waals surface area contributed by atoms with Gasteiger partial charge in [0.25, 0.3) is 11.8 Å². The molecule has 1 aliphatic heterocycles. The minimum absolute atomic E-state index is 0.213. The van der Waals surface area contributed by atoms with E-state index in [4.69, 9.17) is 4.74 Å². The van der Waals surface area contributed by atoms with E-state index in [9.17, 15) is 9.59 Å². The highest BCUT2D eigenvalue weighted by atomic mass is 16.5. The largest absolute Gasteiger partial charge is 0.383 e. The van der Waals surface area contributed by atoms with Gasteiger partial charge in [0, 0.05) is 18.2 Å². The van der Waals surface area contributed by atoms with Crippen LogP contribution in [0.4, 0.5) is 5.69 Å². The molecule has 0 radical (unpaired) electrons. The number of benzene rings is 3. The Kier molecular flexibility index (Phi) is 5.14. The maximum atomic E-state index is 13.1. The lowest BCUT2D eigenvalue weighted by atomic mass is 10.0. The summed E-state index contributed by atoms with van der Waals surface area (Å²) in [5, 5.41) is 5.31. The Bertz CT molecular complexity index is 1110. The number of hydrogen-bond acceptors (Lipinski definition) is 4. The third kappa shape index (κ3) is 3.52. The summed E-state index contributed by atoms with van der Waals surface area (Å²) < 4.78 is 5.08. The number of hydrogen-bond donors (Lipinski definition) is 1. The lowest BCUT2D eigenvalue weighted by Crippen LogP contribution is -2.35. The molecule has 1 heterocycles. The number of carbonyl (C=O) groups excluding carboxylic acids is 2. The van der Waals surface area contributed by atoms with Crippen molar-refractivity contribution in [2.75, 3.05) is 25.6 Å². The Labute approximate surface area is 169 Å². The van der Waals surface area contributed by atoms with Crippen molar-refractivity contribution in [2.24, 2.45) is 0 Å². The normalized spacial score (nSPS) is 14.2. The second-order valence-corrected chi connectivity index (χ2v) is 7.02. The molecule has 5 heteroatoms. The molecule has 0 aliphatic carbocycles. The topological polar surface area (TPSA) is 58.6 Å². The SMILES string of the molecule is COCCN1C(=O)C(Nc2cccc3ccccc23)=C(c2ccc(C)cc2)C1=O. The van der Waals surface area contributed by atoms with Crippen LogP contribution in [0.15, 0.2) is 72.4 Å². The molecular formula is C24H22N2O3. The lowest BCUT2D eigenvalue weighted by molar-refractivity contribution is -0.137. The summed E-state index contributed by atoms with van der Waals surface area (Å²) in [6, 6.07) is 21.4. The van der Waals surface area contributed by atoms with E-state index in [0.717, 1.165) is 27.6 Å². The Morgan fingerprint density at radius 1 is 0.897 bits per heavy atom. The molecular weight excluding hydrogens is 364 g/mol. The Balaban J connectivity index is 1.81. The number of methoxy groups -OCH3 is 1. The van der Waals surface area contributed by atoms with Gasteiger partial charge in [-0.15, -0.1) is 0 Å². The van der Waals surface area contributed by atoms with Crippen molar-refractivity contribution in [3.05, 3.63) is 83.6 Å². The van der Waals surface area contributed by atoms with Crippen molar-refractivity contribution in [1.82, 2.24) is 4.90 Å². The van der Waals surface area contributed by atoms with Crippen molar-refractivity contribution in [1.29, 1.82) is 0 Å². The second-order valence-electron chi connectivity index (χ2n) is 7.02. The number of rotatable bonds is 6. The first kappa shape index (κ1) is 18.9. The van der Waals surface area contributed by atoms with Gasteiger partial charge in [-0.2, -0.15) is 0 Å². The predicted octanol–water partition coefficient (Wildman–Crippen LogP) is 3.99. The molecule has 0 saturated carbocycles. The summed E-state index contributed by atoms with van der Waals surface area (Å²) in [5.74, 6) is -0.644. The number of imide groups is 1. The number of fused-ring (bicyclic) bond motifs is 1. The number of ether oxygens (including phenoxy) is 1. The molecule has 0 aromatic heterocycles. The quantitative estimate of drug-likeness (QED) is 0.651. The average molecular weight is 386 g/mol. The van der Waals surface area contributed by atoms with Crippen molar-refractivity contribution in [3.63, 3.8) is 0 Å². The van der Waals surface area contributed by atoms with E-state index in [0.29, 0.717) is 17.9 Å². The van der Waals surface area contributed by atoms with Gasteiger partial charge in [0.15, 0.2) is 0 Å². The van der Waals surface area contributed by atoms with E-state index in [-0.39, 0.29) is 18.4 Å². The molecule has 0 bridgehead atoms. The van der Waals surface area contributed by atoms with Gasteiger partial charge in [0.05, 0.1) is 18.7 Å². The number of amides is 2. The summed E-state index contributed by atoms with van der Waals surface area (Å²) in [6.07, 6.45) is 0. The second kappa shape index (κ2) is 7.89. The van der Waals surface area contributed by atoms with Gasteiger partial charge >= 0.3 is 0 Å². The fourth-order valence-electron chi connectivity index (χ4n) is 3.53. The molecule has 5 nitrogen and oxygen atoms in total. The fraction of sp³-hybridized carbons (Fsp3) is 0.167. The molecule has 0 fully saturated rings. The van der Waals surface area contributed by atoms with Crippen LogP contribution in [-0.4, -0.2) is 37.0 Å². The van der Waals surface area contributed by atoms with Gasteiger partial charge in [0.2, 0.25) is 0 Å². The minimum Gasteiger partial charge on any atom is -0.383 e. The van der Waals surface area contributed by atoms with E-state index in [2.05, 4.69) is 5.32 Å². The van der Waals surface area contributed by atoms with Crippen molar-refractivity contribution < 1.29 is 14.3 Å². The Morgan fingerprint density at radius 3 is 2.38 bits per heavy atom. The number of aryl methyl sites for hydroxylation is 1. The first-order valence-corrected chi connectivity index (χ1v) is 9.51. The van der Waals surface area contributed by atoms with Crippen LogP contribution in [0.5, 0.6) is 0 Å². The van der Waals surface area contributed by atoms with Crippen LogP contribution in [0.2, 0.25) is 0 Å². The molecule has 0 saturated heterocycles.